The van der Waals surface area contributed by atoms with Gasteiger partial charge in [-0.05, 0) is 83.7 Å². The first kappa shape index (κ1) is 31.5. The van der Waals surface area contributed by atoms with Gasteiger partial charge in [0.25, 0.3) is 0 Å². The zero-order valence-electron chi connectivity index (χ0n) is 30.5. The van der Waals surface area contributed by atoms with Crippen molar-refractivity contribution in [2.24, 2.45) is 0 Å². The van der Waals surface area contributed by atoms with Crippen LogP contribution in [0.5, 0.6) is 0 Å². The van der Waals surface area contributed by atoms with Crippen LogP contribution in [0, 0.1) is 0 Å². The first-order chi connectivity index (χ1) is 28.2. The van der Waals surface area contributed by atoms with Gasteiger partial charge in [-0.15, -0.1) is 0 Å². The molecule has 0 aliphatic rings. The van der Waals surface area contributed by atoms with Crippen LogP contribution in [0.15, 0.2) is 182 Å². The molecule has 0 unspecified atom stereocenters. The van der Waals surface area contributed by atoms with Crippen molar-refractivity contribution in [3.63, 3.8) is 0 Å². The average molecular weight is 727 g/mol. The number of nitrogens with zero attached hydrogens (tertiary/aromatic N) is 6. The van der Waals surface area contributed by atoms with E-state index < -0.39 is 0 Å². The quantitative estimate of drug-likeness (QED) is 0.169. The third-order valence-corrected chi connectivity index (χ3v) is 11.3. The van der Waals surface area contributed by atoms with Crippen molar-refractivity contribution < 1.29 is 0 Å². The van der Waals surface area contributed by atoms with E-state index >= 15 is 0 Å². The summed E-state index contributed by atoms with van der Waals surface area (Å²) in [4.78, 5) is 24.9. The smallest absolute Gasteiger partial charge is 0.137 e. The summed E-state index contributed by atoms with van der Waals surface area (Å²) < 4.78 is 2.32. The Kier molecular flexibility index (Phi) is 6.83. The predicted molar refractivity (Wildman–Crippen MR) is 234 cm³/mol. The molecule has 57 heavy (non-hydrogen) atoms. The third-order valence-electron chi connectivity index (χ3n) is 11.3. The summed E-state index contributed by atoms with van der Waals surface area (Å²) in [6.07, 6.45) is 5.64. The van der Waals surface area contributed by atoms with Gasteiger partial charge in [-0.25, -0.2) is 15.0 Å². The van der Waals surface area contributed by atoms with Crippen molar-refractivity contribution in [3.8, 4) is 39.5 Å². The second-order valence-electron chi connectivity index (χ2n) is 14.5. The largest absolute Gasteiger partial charge is 0.293 e. The highest BCUT2D eigenvalue weighted by Crippen LogP contribution is 2.42. The van der Waals surface area contributed by atoms with Crippen LogP contribution in [0.3, 0.4) is 0 Å². The predicted octanol–water partition coefficient (Wildman–Crippen LogP) is 12.5. The van der Waals surface area contributed by atoms with Gasteiger partial charge in [0.2, 0.25) is 0 Å². The summed E-state index contributed by atoms with van der Waals surface area (Å²) in [6.45, 7) is 0. The van der Waals surface area contributed by atoms with E-state index in [9.17, 15) is 0 Å². The Morgan fingerprint density at radius 2 is 1.05 bits per heavy atom. The van der Waals surface area contributed by atoms with Gasteiger partial charge in [-0.1, -0.05) is 91.0 Å². The summed E-state index contributed by atoms with van der Waals surface area (Å²) in [7, 11) is 0. The number of hydrogen-bond donors (Lipinski definition) is 0. The van der Waals surface area contributed by atoms with E-state index in [0.717, 1.165) is 116 Å². The number of benzene rings is 6. The van der Waals surface area contributed by atoms with Crippen LogP contribution in [0.4, 0.5) is 0 Å². The zero-order chi connectivity index (χ0) is 37.5. The summed E-state index contributed by atoms with van der Waals surface area (Å²) in [5, 5.41) is 8.85. The second-order valence-corrected chi connectivity index (χ2v) is 14.5. The maximum atomic E-state index is 5.22. The van der Waals surface area contributed by atoms with Crippen molar-refractivity contribution in [1.29, 1.82) is 0 Å². The molecule has 0 N–H and O–H groups in total. The van der Waals surface area contributed by atoms with Crippen LogP contribution in [0.25, 0.3) is 116 Å². The number of pyridine rings is 5. The van der Waals surface area contributed by atoms with Crippen molar-refractivity contribution in [1.82, 2.24) is 29.5 Å². The van der Waals surface area contributed by atoms with Gasteiger partial charge in [-0.3, -0.25) is 14.5 Å². The average Bonchev–Trinajstić information content (AvgIpc) is 3.62. The van der Waals surface area contributed by atoms with Crippen LogP contribution in [-0.2, 0) is 0 Å². The zero-order valence-corrected chi connectivity index (χ0v) is 30.5. The summed E-state index contributed by atoms with van der Waals surface area (Å²) in [6, 6.07) is 57.5. The third kappa shape index (κ3) is 4.94. The second kappa shape index (κ2) is 12.3. The molecule has 0 amide bonds. The van der Waals surface area contributed by atoms with Crippen LogP contribution >= 0.6 is 0 Å². The molecule has 6 nitrogen and oxygen atoms in total. The number of aromatic nitrogens is 6. The van der Waals surface area contributed by atoms with Gasteiger partial charge >= 0.3 is 0 Å². The Morgan fingerprint density at radius 1 is 0.386 bits per heavy atom. The monoisotopic (exact) mass is 726 g/mol. The molecule has 6 heterocycles. The minimum absolute atomic E-state index is 0.835. The Hall–Kier alpha value is -7.83. The molecule has 0 saturated heterocycles. The molecule has 6 aromatic carbocycles. The molecule has 12 rings (SSSR count). The molecule has 264 valence electrons. The lowest BCUT2D eigenvalue weighted by Crippen LogP contribution is -1.98. The van der Waals surface area contributed by atoms with Gasteiger partial charge in [-0.2, -0.15) is 0 Å². The molecule has 0 atom stereocenters. The molecular formula is C51H30N6. The highest BCUT2D eigenvalue weighted by Gasteiger charge is 2.21. The summed E-state index contributed by atoms with van der Waals surface area (Å²) in [5.74, 6) is 0.835. The Labute approximate surface area is 326 Å². The normalized spacial score (nSPS) is 11.9. The Balaban J connectivity index is 1.11. The molecule has 0 aliphatic heterocycles. The summed E-state index contributed by atoms with van der Waals surface area (Å²) in [5.41, 5.74) is 12.0. The van der Waals surface area contributed by atoms with E-state index in [4.69, 9.17) is 19.9 Å². The molecule has 6 aromatic heterocycles. The van der Waals surface area contributed by atoms with Crippen molar-refractivity contribution in [3.05, 3.63) is 182 Å². The molecule has 0 saturated carbocycles. The fraction of sp³-hybridized carbons (Fsp3) is 0. The van der Waals surface area contributed by atoms with Gasteiger partial charge < -0.3 is 0 Å². The van der Waals surface area contributed by atoms with Crippen LogP contribution in [0.2, 0.25) is 0 Å². The topological polar surface area (TPSA) is 69.4 Å². The number of fused-ring (bicyclic) bond motifs is 10. The fourth-order valence-electron chi connectivity index (χ4n) is 8.62. The van der Waals surface area contributed by atoms with Crippen molar-refractivity contribution in [2.75, 3.05) is 0 Å². The molecule has 6 heteroatoms. The first-order valence-electron chi connectivity index (χ1n) is 19.1. The molecule has 12 aromatic rings. The maximum Gasteiger partial charge on any atom is 0.137 e. The van der Waals surface area contributed by atoms with E-state index in [1.807, 2.05) is 42.9 Å². The standard InChI is InChI=1S/C51H30N6/c1-5-15-43-31(9-1)17-21-45(55-43)33-19-23-47-41(27-33)42-29-40(46-22-18-32-10-2-6-16-44(32)56-46)36-12-3-4-13-38(36)51(42)57(47)48-24-20-35(30-54-48)39-28-34-11-7-25-52-49(34)50-37(39)14-8-26-53-50/h1-30H. The van der Waals surface area contributed by atoms with Crippen LogP contribution in [-0.4, -0.2) is 29.5 Å². The highest BCUT2D eigenvalue weighted by molar-refractivity contribution is 6.22. The van der Waals surface area contributed by atoms with Crippen molar-refractivity contribution in [2.45, 2.75) is 0 Å². The summed E-state index contributed by atoms with van der Waals surface area (Å²) >= 11 is 0. The lowest BCUT2D eigenvalue weighted by atomic mass is 9.97. The van der Waals surface area contributed by atoms with Gasteiger partial charge in [0, 0.05) is 73.0 Å². The van der Waals surface area contributed by atoms with E-state index in [2.05, 4.69) is 149 Å². The molecular weight excluding hydrogens is 697 g/mol. The highest BCUT2D eigenvalue weighted by atomic mass is 15.1. The SMILES string of the molecule is c1ccc2nc(-c3ccc4c(c3)c3cc(-c5ccc6ccccc6n5)c5ccccc5c3n4-c3ccc(-c4cc5cccnc5c5ncccc45)cn3)ccc2c1. The molecule has 0 spiro atoms. The first-order valence-corrected chi connectivity index (χ1v) is 19.1. The Morgan fingerprint density at radius 3 is 1.86 bits per heavy atom. The minimum Gasteiger partial charge on any atom is -0.293 e. The minimum atomic E-state index is 0.835. The lowest BCUT2D eigenvalue weighted by Gasteiger charge is -2.13. The number of para-hydroxylation sites is 2. The van der Waals surface area contributed by atoms with Crippen LogP contribution in [0.1, 0.15) is 0 Å². The van der Waals surface area contributed by atoms with Gasteiger partial charge in [0.05, 0.1) is 44.5 Å². The molecule has 0 aliphatic carbocycles. The number of rotatable bonds is 4. The van der Waals surface area contributed by atoms with E-state index in [1.54, 1.807) is 0 Å². The molecule has 0 radical (unpaired) electrons. The molecule has 0 bridgehead atoms. The van der Waals surface area contributed by atoms with E-state index in [1.165, 1.54) is 0 Å². The molecule has 0 fully saturated rings. The van der Waals surface area contributed by atoms with E-state index in [0.29, 0.717) is 0 Å². The fourth-order valence-corrected chi connectivity index (χ4v) is 8.62. The maximum absolute atomic E-state index is 5.22. The Bertz CT molecular complexity index is 3590. The van der Waals surface area contributed by atoms with Gasteiger partial charge in [0.1, 0.15) is 5.82 Å². The number of hydrogen-bond acceptors (Lipinski definition) is 5. The van der Waals surface area contributed by atoms with Gasteiger partial charge in [0.15, 0.2) is 0 Å². The van der Waals surface area contributed by atoms with E-state index in [-0.39, 0.29) is 0 Å². The van der Waals surface area contributed by atoms with Crippen LogP contribution < -0.4 is 0 Å². The lowest BCUT2D eigenvalue weighted by molar-refractivity contribution is 1.09. The van der Waals surface area contributed by atoms with Crippen molar-refractivity contribution >= 4 is 76.2 Å².